The van der Waals surface area contributed by atoms with Crippen molar-refractivity contribution in [1.82, 2.24) is 24.1 Å². The Morgan fingerprint density at radius 1 is 1.32 bits per heavy atom. The van der Waals surface area contributed by atoms with Crippen LogP contribution in [0.2, 0.25) is 0 Å². The molecule has 3 heterocycles. The van der Waals surface area contributed by atoms with Crippen molar-refractivity contribution in [2.75, 3.05) is 20.2 Å². The molecule has 1 aromatic carbocycles. The molecular weight excluding hydrogens is 392 g/mol. The largest absolute Gasteiger partial charge is 0.377 e. The molecule has 2 atom stereocenters. The van der Waals surface area contributed by atoms with Gasteiger partial charge in [-0.2, -0.15) is 9.40 Å². The number of hydrogen-bond donors (Lipinski definition) is 1. The molecule has 0 radical (unpaired) electrons. The minimum atomic E-state index is -4.05. The number of rotatable bonds is 4. The topological polar surface area (TPSA) is 93.1 Å². The monoisotopic (exact) mass is 411 g/mol. The summed E-state index contributed by atoms with van der Waals surface area (Å²) in [6.07, 6.45) is -0.743. The first kappa shape index (κ1) is 19.0. The van der Waals surface area contributed by atoms with Crippen molar-refractivity contribution in [1.29, 1.82) is 0 Å². The van der Waals surface area contributed by atoms with E-state index >= 15 is 0 Å². The van der Waals surface area contributed by atoms with Crippen LogP contribution in [0.1, 0.15) is 5.56 Å². The van der Waals surface area contributed by atoms with E-state index in [1.165, 1.54) is 30.3 Å². The van der Waals surface area contributed by atoms with Gasteiger partial charge in [0.25, 0.3) is 10.0 Å². The number of aromatic amines is 1. The molecule has 1 aliphatic heterocycles. The van der Waals surface area contributed by atoms with Gasteiger partial charge in [-0.15, -0.1) is 0 Å². The fourth-order valence-electron chi connectivity index (χ4n) is 3.51. The van der Waals surface area contributed by atoms with Gasteiger partial charge >= 0.3 is 0 Å². The molecular formula is C17H19F2N5O3S. The van der Waals surface area contributed by atoms with E-state index in [9.17, 15) is 17.2 Å². The van der Waals surface area contributed by atoms with Crippen LogP contribution in [0.4, 0.5) is 8.78 Å². The first-order chi connectivity index (χ1) is 13.2. The van der Waals surface area contributed by atoms with Crippen LogP contribution in [0, 0.1) is 12.7 Å². The van der Waals surface area contributed by atoms with Crippen LogP contribution >= 0.6 is 0 Å². The maximum atomic E-state index is 14.5. The summed E-state index contributed by atoms with van der Waals surface area (Å²) in [5.74, 6) is -0.231. The maximum absolute atomic E-state index is 14.5. The summed E-state index contributed by atoms with van der Waals surface area (Å²) in [4.78, 5) is 6.84. The van der Waals surface area contributed by atoms with Crippen LogP contribution in [-0.2, 0) is 21.8 Å². The summed E-state index contributed by atoms with van der Waals surface area (Å²) in [6, 6.07) is 2.65. The first-order valence-corrected chi connectivity index (χ1v) is 10.0. The average Bonchev–Trinajstić information content (AvgIpc) is 3.34. The Morgan fingerprint density at radius 3 is 2.68 bits per heavy atom. The molecule has 8 nitrogen and oxygen atoms in total. The summed E-state index contributed by atoms with van der Waals surface area (Å²) in [5.41, 5.74) is 1.14. The highest BCUT2D eigenvalue weighted by Gasteiger charge is 2.40. The molecule has 0 aliphatic carbocycles. The van der Waals surface area contributed by atoms with E-state index in [0.29, 0.717) is 22.3 Å². The van der Waals surface area contributed by atoms with E-state index in [1.54, 1.807) is 14.0 Å². The molecule has 2 aromatic heterocycles. The second kappa shape index (κ2) is 6.61. The third kappa shape index (κ3) is 2.90. The lowest BCUT2D eigenvalue weighted by molar-refractivity contribution is 0.0637. The minimum absolute atomic E-state index is 0.0333. The molecule has 28 heavy (non-hydrogen) atoms. The van der Waals surface area contributed by atoms with Gasteiger partial charge in [0.15, 0.2) is 5.82 Å². The zero-order valence-corrected chi connectivity index (χ0v) is 16.3. The molecule has 11 heteroatoms. The predicted molar refractivity (Wildman–Crippen MR) is 97.4 cm³/mol. The van der Waals surface area contributed by atoms with Crippen LogP contribution in [0.5, 0.6) is 0 Å². The van der Waals surface area contributed by atoms with E-state index in [4.69, 9.17) is 4.74 Å². The number of alkyl halides is 1. The molecule has 1 saturated heterocycles. The Hall–Kier alpha value is -2.37. The highest BCUT2D eigenvalue weighted by atomic mass is 32.2. The van der Waals surface area contributed by atoms with E-state index in [0.717, 1.165) is 4.31 Å². The van der Waals surface area contributed by atoms with Crippen LogP contribution in [0.15, 0.2) is 23.5 Å². The fourth-order valence-corrected chi connectivity index (χ4v) is 4.97. The van der Waals surface area contributed by atoms with E-state index < -0.39 is 28.1 Å². The zero-order valence-electron chi connectivity index (χ0n) is 15.5. The van der Waals surface area contributed by atoms with Crippen molar-refractivity contribution in [3.63, 3.8) is 0 Å². The molecule has 3 aromatic rings. The Morgan fingerprint density at radius 2 is 2.07 bits per heavy atom. The van der Waals surface area contributed by atoms with Gasteiger partial charge in [-0.1, -0.05) is 0 Å². The number of sulfonamides is 1. The number of nitrogens with one attached hydrogen (secondary N) is 1. The van der Waals surface area contributed by atoms with Gasteiger partial charge in [0.05, 0.1) is 5.52 Å². The third-order valence-corrected chi connectivity index (χ3v) is 6.70. The number of H-pyrrole nitrogens is 1. The molecule has 1 unspecified atom stereocenters. The molecule has 4 rings (SSSR count). The lowest BCUT2D eigenvalue weighted by atomic mass is 10.0. The van der Waals surface area contributed by atoms with Crippen molar-refractivity contribution >= 4 is 20.9 Å². The highest BCUT2D eigenvalue weighted by Crippen LogP contribution is 2.34. The molecule has 0 spiro atoms. The van der Waals surface area contributed by atoms with Crippen molar-refractivity contribution < 1.29 is 21.9 Å². The number of fused-ring (bicyclic) bond motifs is 1. The van der Waals surface area contributed by atoms with Gasteiger partial charge < -0.3 is 9.72 Å². The minimum Gasteiger partial charge on any atom is -0.377 e. The second-order valence-corrected chi connectivity index (χ2v) is 8.73. The van der Waals surface area contributed by atoms with Gasteiger partial charge in [-0.05, 0) is 24.6 Å². The zero-order chi connectivity index (χ0) is 20.2. The van der Waals surface area contributed by atoms with Crippen LogP contribution in [0.3, 0.4) is 0 Å². The standard InChI is InChI=1S/C17H19F2N5O3S/c1-9-4-11(18)16-10(15(9)17-20-8-23(2)22-17)5-14(21-16)28(25,26)24-6-12(19)13(7-24)27-3/h4-5,8,12-13,21H,6-7H2,1-3H3/t12?,13-/m1/s1. The molecule has 150 valence electrons. The Bertz CT molecular complexity index is 1160. The highest BCUT2D eigenvalue weighted by molar-refractivity contribution is 7.89. The summed E-state index contributed by atoms with van der Waals surface area (Å²) in [7, 11) is -1.02. The normalized spacial score (nSPS) is 21.0. The van der Waals surface area contributed by atoms with Gasteiger partial charge in [0, 0.05) is 38.2 Å². The summed E-state index contributed by atoms with van der Waals surface area (Å²) in [6.45, 7) is 1.28. The number of benzene rings is 1. The third-order valence-electron chi connectivity index (χ3n) is 4.95. The number of halogens is 2. The van der Waals surface area contributed by atoms with Crippen molar-refractivity contribution in [3.05, 3.63) is 29.8 Å². The first-order valence-electron chi connectivity index (χ1n) is 8.57. The molecule has 1 aliphatic rings. The average molecular weight is 411 g/mol. The van der Waals surface area contributed by atoms with Crippen molar-refractivity contribution in [2.45, 2.75) is 24.2 Å². The predicted octanol–water partition coefficient (Wildman–Crippen LogP) is 1.77. The number of methoxy groups -OCH3 is 1. The molecule has 1 N–H and O–H groups in total. The number of ether oxygens (including phenoxy) is 1. The number of hydrogen-bond acceptors (Lipinski definition) is 5. The summed E-state index contributed by atoms with van der Waals surface area (Å²) < 4.78 is 62.0. The Labute approximate surface area is 160 Å². The van der Waals surface area contributed by atoms with E-state index in [2.05, 4.69) is 15.1 Å². The number of aryl methyl sites for hydroxylation is 2. The van der Waals surface area contributed by atoms with Crippen LogP contribution in [0.25, 0.3) is 22.3 Å². The summed E-state index contributed by atoms with van der Waals surface area (Å²) in [5, 5.41) is 4.38. The van der Waals surface area contributed by atoms with Crippen molar-refractivity contribution in [2.24, 2.45) is 7.05 Å². The second-order valence-electron chi connectivity index (χ2n) is 6.83. The SMILES string of the molecule is CO[C@@H]1CN(S(=O)(=O)c2cc3c(-c4ncn(C)n4)c(C)cc(F)c3[nH]2)CC1F. The van der Waals surface area contributed by atoms with E-state index in [1.807, 2.05) is 0 Å². The van der Waals surface area contributed by atoms with Crippen LogP contribution < -0.4 is 0 Å². The van der Waals surface area contributed by atoms with Gasteiger partial charge in [0.1, 0.15) is 29.4 Å². The van der Waals surface area contributed by atoms with Gasteiger partial charge in [-0.25, -0.2) is 22.2 Å². The van der Waals surface area contributed by atoms with Gasteiger partial charge in [-0.3, -0.25) is 4.68 Å². The smallest absolute Gasteiger partial charge is 0.258 e. The van der Waals surface area contributed by atoms with Gasteiger partial charge in [0.2, 0.25) is 0 Å². The Kier molecular flexibility index (Phi) is 4.47. The van der Waals surface area contributed by atoms with E-state index in [-0.39, 0.29) is 23.6 Å². The number of nitrogens with zero attached hydrogens (tertiary/aromatic N) is 4. The molecule has 1 fully saturated rings. The summed E-state index contributed by atoms with van der Waals surface area (Å²) >= 11 is 0. The lowest BCUT2D eigenvalue weighted by Gasteiger charge is -2.14. The molecule has 0 bridgehead atoms. The fraction of sp³-hybridized carbons (Fsp3) is 0.412. The van der Waals surface area contributed by atoms with Crippen LogP contribution in [-0.4, -0.2) is 64.9 Å². The molecule has 0 saturated carbocycles. The number of aromatic nitrogens is 4. The molecule has 0 amide bonds. The lowest BCUT2D eigenvalue weighted by Crippen LogP contribution is -2.30. The maximum Gasteiger partial charge on any atom is 0.258 e. The van der Waals surface area contributed by atoms with Crippen molar-refractivity contribution in [3.8, 4) is 11.4 Å². The Balaban J connectivity index is 1.85. The quantitative estimate of drug-likeness (QED) is 0.706.